The van der Waals surface area contributed by atoms with Gasteiger partial charge in [0.2, 0.25) is 0 Å². The number of carbonyl (C=O) groups excluding carboxylic acids is 3. The van der Waals surface area contributed by atoms with E-state index in [4.69, 9.17) is 39.5 Å². The molecule has 1 atom stereocenters. The molecule has 148 valence electrons. The number of halogens is 3. The van der Waals surface area contributed by atoms with Gasteiger partial charge < -0.3 is 15.4 Å². The highest BCUT2D eigenvalue weighted by Gasteiger charge is 2.19. The Morgan fingerprint density at radius 3 is 2.25 bits per heavy atom. The van der Waals surface area contributed by atoms with Crippen LogP contribution >= 0.6 is 34.8 Å². The van der Waals surface area contributed by atoms with Crippen molar-refractivity contribution in [1.29, 1.82) is 0 Å². The zero-order chi connectivity index (χ0) is 20.7. The van der Waals surface area contributed by atoms with Crippen LogP contribution in [0.2, 0.25) is 15.1 Å². The van der Waals surface area contributed by atoms with Crippen molar-refractivity contribution >= 4 is 52.6 Å². The quantitative estimate of drug-likeness (QED) is 0.640. The summed E-state index contributed by atoms with van der Waals surface area (Å²) in [6, 6.07) is 11.3. The summed E-state index contributed by atoms with van der Waals surface area (Å²) in [5.74, 6) is -1.78. The molecule has 0 aromatic heterocycles. The monoisotopic (exact) mass is 442 g/mol. The Bertz CT molecular complexity index is 872. The van der Waals surface area contributed by atoms with E-state index in [2.05, 4.69) is 10.6 Å². The molecular formula is C19H17Cl3N2O4. The maximum Gasteiger partial charge on any atom is 0.326 e. The Morgan fingerprint density at radius 1 is 0.964 bits per heavy atom. The number of ether oxygens (including phenoxy) is 1. The fourth-order valence-electron chi connectivity index (χ4n) is 2.15. The van der Waals surface area contributed by atoms with E-state index >= 15 is 0 Å². The van der Waals surface area contributed by atoms with Gasteiger partial charge in [0.05, 0.1) is 10.6 Å². The number of carbonyl (C=O) groups is 3. The summed E-state index contributed by atoms with van der Waals surface area (Å²) in [5, 5.41) is 6.18. The van der Waals surface area contributed by atoms with Crippen LogP contribution in [0, 0.1) is 0 Å². The molecule has 2 N–H and O–H groups in total. The maximum atomic E-state index is 12.0. The molecule has 0 aliphatic rings. The van der Waals surface area contributed by atoms with E-state index in [0.717, 1.165) is 5.56 Å². The minimum Gasteiger partial charge on any atom is -0.451 e. The number of hydrogen-bond acceptors (Lipinski definition) is 4. The molecule has 1 unspecified atom stereocenters. The second-order valence-electron chi connectivity index (χ2n) is 5.78. The lowest BCUT2D eigenvalue weighted by atomic mass is 10.2. The van der Waals surface area contributed by atoms with Crippen molar-refractivity contribution in [2.75, 3.05) is 6.54 Å². The van der Waals surface area contributed by atoms with Crippen LogP contribution < -0.4 is 10.6 Å². The van der Waals surface area contributed by atoms with Crippen LogP contribution in [0.4, 0.5) is 0 Å². The van der Waals surface area contributed by atoms with Crippen LogP contribution in [-0.4, -0.2) is 30.4 Å². The molecule has 0 spiro atoms. The molecule has 0 saturated heterocycles. The van der Waals surface area contributed by atoms with Crippen molar-refractivity contribution in [1.82, 2.24) is 10.6 Å². The van der Waals surface area contributed by atoms with Gasteiger partial charge in [-0.3, -0.25) is 14.4 Å². The van der Waals surface area contributed by atoms with Crippen LogP contribution in [0.15, 0.2) is 42.5 Å². The molecule has 0 saturated carbocycles. The molecule has 0 heterocycles. The van der Waals surface area contributed by atoms with Gasteiger partial charge in [0.25, 0.3) is 11.8 Å². The van der Waals surface area contributed by atoms with Crippen molar-refractivity contribution in [3.8, 4) is 0 Å². The fourth-order valence-corrected chi connectivity index (χ4v) is 2.77. The van der Waals surface area contributed by atoms with E-state index in [1.807, 2.05) is 0 Å². The molecule has 9 heteroatoms. The van der Waals surface area contributed by atoms with Crippen molar-refractivity contribution in [2.45, 2.75) is 19.6 Å². The van der Waals surface area contributed by atoms with Gasteiger partial charge in [0.15, 0.2) is 6.10 Å². The lowest BCUT2D eigenvalue weighted by molar-refractivity contribution is -0.153. The predicted octanol–water partition coefficient (Wildman–Crippen LogP) is 3.62. The van der Waals surface area contributed by atoms with Gasteiger partial charge in [-0.2, -0.15) is 0 Å². The van der Waals surface area contributed by atoms with Crippen molar-refractivity contribution < 1.29 is 19.1 Å². The number of rotatable bonds is 7. The van der Waals surface area contributed by atoms with E-state index in [0.29, 0.717) is 10.0 Å². The van der Waals surface area contributed by atoms with Gasteiger partial charge in [-0.05, 0) is 42.8 Å². The molecule has 2 aromatic rings. The first-order chi connectivity index (χ1) is 13.3. The van der Waals surface area contributed by atoms with Gasteiger partial charge in [-0.25, -0.2) is 0 Å². The summed E-state index contributed by atoms with van der Waals surface area (Å²) in [5.41, 5.74) is 1.02. The van der Waals surface area contributed by atoms with Crippen molar-refractivity contribution in [2.24, 2.45) is 0 Å². The van der Waals surface area contributed by atoms with E-state index in [9.17, 15) is 14.4 Å². The smallest absolute Gasteiger partial charge is 0.326 e. The second kappa shape index (κ2) is 10.3. The second-order valence-corrected chi connectivity index (χ2v) is 7.06. The molecule has 0 aliphatic heterocycles. The number of esters is 1. The first-order valence-electron chi connectivity index (χ1n) is 8.21. The fraction of sp³-hybridized carbons (Fsp3) is 0.211. The number of amides is 2. The average Bonchev–Trinajstić information content (AvgIpc) is 2.65. The van der Waals surface area contributed by atoms with Gasteiger partial charge in [0.1, 0.15) is 6.54 Å². The van der Waals surface area contributed by atoms with Crippen LogP contribution in [0.5, 0.6) is 0 Å². The Balaban J connectivity index is 1.77. The third-order valence-corrected chi connectivity index (χ3v) is 4.43. The summed E-state index contributed by atoms with van der Waals surface area (Å²) in [7, 11) is 0. The summed E-state index contributed by atoms with van der Waals surface area (Å²) in [4.78, 5) is 35.9. The molecular weight excluding hydrogens is 427 g/mol. The van der Waals surface area contributed by atoms with Crippen LogP contribution in [0.3, 0.4) is 0 Å². The predicted molar refractivity (Wildman–Crippen MR) is 108 cm³/mol. The van der Waals surface area contributed by atoms with Gasteiger partial charge in [-0.15, -0.1) is 0 Å². The third kappa shape index (κ3) is 6.71. The van der Waals surface area contributed by atoms with Crippen LogP contribution in [-0.2, 0) is 20.9 Å². The molecule has 2 rings (SSSR count). The summed E-state index contributed by atoms with van der Waals surface area (Å²) in [6.45, 7) is 1.29. The van der Waals surface area contributed by atoms with Gasteiger partial charge in [0, 0.05) is 16.6 Å². The highest BCUT2D eigenvalue weighted by atomic mass is 35.5. The van der Waals surface area contributed by atoms with Crippen LogP contribution in [0.1, 0.15) is 22.8 Å². The van der Waals surface area contributed by atoms with Crippen LogP contribution in [0.25, 0.3) is 0 Å². The topological polar surface area (TPSA) is 84.5 Å². The molecule has 28 heavy (non-hydrogen) atoms. The lowest BCUT2D eigenvalue weighted by Crippen LogP contribution is -2.38. The Labute approximate surface area is 177 Å². The minimum atomic E-state index is -1.02. The largest absolute Gasteiger partial charge is 0.451 e. The number of nitrogens with one attached hydrogen (secondary N) is 2. The van der Waals surface area contributed by atoms with E-state index in [1.165, 1.54) is 25.1 Å². The first kappa shape index (κ1) is 22.0. The summed E-state index contributed by atoms with van der Waals surface area (Å²) in [6.07, 6.45) is -1.02. The molecule has 6 nitrogen and oxygen atoms in total. The minimum absolute atomic E-state index is 0.160. The molecule has 0 aliphatic carbocycles. The average molecular weight is 444 g/mol. The normalized spacial score (nSPS) is 11.4. The third-order valence-electron chi connectivity index (χ3n) is 3.63. The van der Waals surface area contributed by atoms with Crippen molar-refractivity contribution in [3.63, 3.8) is 0 Å². The first-order valence-corrected chi connectivity index (χ1v) is 9.34. The molecule has 0 radical (unpaired) electrons. The Kier molecular flexibility index (Phi) is 8.11. The number of hydrogen-bond donors (Lipinski definition) is 2. The standard InChI is InChI=1S/C19H17Cl3N2O4/c1-11(18(26)23-9-12-2-4-13(20)5-3-12)28-17(25)10-24-19(27)15-7-6-14(21)8-16(15)22/h2-8,11H,9-10H2,1H3,(H,23,26)(H,24,27). The lowest BCUT2D eigenvalue weighted by Gasteiger charge is -2.14. The van der Waals surface area contributed by atoms with Crippen molar-refractivity contribution in [3.05, 3.63) is 68.7 Å². The summed E-state index contributed by atoms with van der Waals surface area (Å²) >= 11 is 17.5. The van der Waals surface area contributed by atoms with E-state index in [1.54, 1.807) is 24.3 Å². The Morgan fingerprint density at radius 2 is 1.61 bits per heavy atom. The van der Waals surface area contributed by atoms with Gasteiger partial charge >= 0.3 is 5.97 Å². The summed E-state index contributed by atoms with van der Waals surface area (Å²) < 4.78 is 5.01. The molecule has 2 aromatic carbocycles. The SMILES string of the molecule is CC(OC(=O)CNC(=O)c1ccc(Cl)cc1Cl)C(=O)NCc1ccc(Cl)cc1. The molecule has 0 fully saturated rings. The zero-order valence-corrected chi connectivity index (χ0v) is 17.1. The van der Waals surface area contributed by atoms with Gasteiger partial charge in [-0.1, -0.05) is 46.9 Å². The Hall–Kier alpha value is -2.28. The van der Waals surface area contributed by atoms with E-state index in [-0.39, 0.29) is 17.1 Å². The zero-order valence-electron chi connectivity index (χ0n) is 14.8. The maximum absolute atomic E-state index is 12.0. The molecule has 2 amide bonds. The highest BCUT2D eigenvalue weighted by Crippen LogP contribution is 2.20. The van der Waals surface area contributed by atoms with E-state index < -0.39 is 30.4 Å². The highest BCUT2D eigenvalue weighted by molar-refractivity contribution is 6.36. The number of benzene rings is 2. The molecule has 0 bridgehead atoms.